The summed E-state index contributed by atoms with van der Waals surface area (Å²) in [6.45, 7) is 2.18. The molecular formula is C23H28N4O4S. The Bertz CT molecular complexity index is 973. The van der Waals surface area contributed by atoms with Gasteiger partial charge in [-0.15, -0.1) is 0 Å². The highest BCUT2D eigenvalue weighted by Crippen LogP contribution is 2.38. The molecule has 0 spiro atoms. The Labute approximate surface area is 193 Å². The van der Waals surface area contributed by atoms with E-state index in [1.807, 2.05) is 31.2 Å². The number of nitro benzene ring substituents is 1. The van der Waals surface area contributed by atoms with E-state index >= 15 is 0 Å². The topological polar surface area (TPSA) is 98.0 Å². The lowest BCUT2D eigenvalue weighted by molar-refractivity contribution is -0.386. The summed E-state index contributed by atoms with van der Waals surface area (Å²) in [5, 5.41) is 19.5. The van der Waals surface area contributed by atoms with E-state index in [0.29, 0.717) is 16.7 Å². The molecule has 0 aromatic heterocycles. The van der Waals surface area contributed by atoms with Crippen molar-refractivity contribution < 1.29 is 14.4 Å². The zero-order chi connectivity index (χ0) is 22.9. The van der Waals surface area contributed by atoms with E-state index in [2.05, 4.69) is 15.8 Å². The van der Waals surface area contributed by atoms with Crippen molar-refractivity contribution in [2.45, 2.75) is 51.7 Å². The second kappa shape index (κ2) is 11.4. The molecule has 2 aromatic rings. The van der Waals surface area contributed by atoms with Gasteiger partial charge in [0.25, 0.3) is 0 Å². The monoisotopic (exact) mass is 456 g/mol. The lowest BCUT2D eigenvalue weighted by Gasteiger charge is -2.23. The third kappa shape index (κ3) is 6.65. The first kappa shape index (κ1) is 23.5. The molecule has 2 aromatic carbocycles. The quantitative estimate of drug-likeness (QED) is 0.259. The van der Waals surface area contributed by atoms with E-state index in [1.165, 1.54) is 38.7 Å². The molecule has 0 heterocycles. The molecule has 0 bridgehead atoms. The maximum absolute atomic E-state index is 11.7. The number of hydrogen-bond donors (Lipinski definition) is 2. The molecule has 0 amide bonds. The molecule has 1 aliphatic rings. The fourth-order valence-corrected chi connectivity index (χ4v) is 3.80. The molecular weight excluding hydrogens is 428 g/mol. The Morgan fingerprint density at radius 2 is 1.97 bits per heavy atom. The van der Waals surface area contributed by atoms with Crippen molar-refractivity contribution in [2.24, 2.45) is 5.10 Å². The molecule has 0 unspecified atom stereocenters. The minimum Gasteiger partial charge on any atom is -0.493 e. The second-order valence-corrected chi connectivity index (χ2v) is 8.19. The van der Waals surface area contributed by atoms with Crippen molar-refractivity contribution in [1.29, 1.82) is 0 Å². The number of nitrogens with one attached hydrogen (secondary N) is 2. The van der Waals surface area contributed by atoms with Gasteiger partial charge in [-0.2, -0.15) is 5.10 Å². The van der Waals surface area contributed by atoms with E-state index in [4.69, 9.17) is 21.7 Å². The number of methoxy groups -OCH3 is 1. The summed E-state index contributed by atoms with van der Waals surface area (Å²) in [6, 6.07) is 11.2. The molecule has 1 fully saturated rings. The maximum Gasteiger partial charge on any atom is 0.315 e. The van der Waals surface area contributed by atoms with Gasteiger partial charge in [0.2, 0.25) is 5.75 Å². The normalized spacial score (nSPS) is 14.2. The molecule has 9 heteroatoms. The van der Waals surface area contributed by atoms with Crippen LogP contribution in [-0.4, -0.2) is 29.4 Å². The molecule has 1 saturated carbocycles. The molecule has 1 aliphatic carbocycles. The maximum atomic E-state index is 11.7. The van der Waals surface area contributed by atoms with Gasteiger partial charge in [-0.3, -0.25) is 15.5 Å². The molecule has 0 saturated heterocycles. The van der Waals surface area contributed by atoms with Gasteiger partial charge >= 0.3 is 5.69 Å². The minimum absolute atomic E-state index is 0.0812. The van der Waals surface area contributed by atoms with E-state index in [0.717, 1.165) is 24.0 Å². The first-order valence-electron chi connectivity index (χ1n) is 10.6. The number of hydrazone groups is 1. The zero-order valence-electron chi connectivity index (χ0n) is 18.3. The van der Waals surface area contributed by atoms with Gasteiger partial charge in [-0.05, 0) is 43.6 Å². The van der Waals surface area contributed by atoms with E-state index < -0.39 is 4.92 Å². The standard InChI is InChI=1S/C23H28N4O4S/c1-16-8-10-17(11-9-16)15-31-22-20(27(28)29)12-18(13-21(22)30-2)14-24-26-23(32)25-19-6-4-3-5-7-19/h8-14,19H,3-7,15H2,1-2H3,(H2,25,26,32)/b24-14-. The van der Waals surface area contributed by atoms with Crippen LogP contribution in [0.15, 0.2) is 41.5 Å². The van der Waals surface area contributed by atoms with Crippen LogP contribution in [0.1, 0.15) is 48.8 Å². The Kier molecular flexibility index (Phi) is 8.38. The average Bonchev–Trinajstić information content (AvgIpc) is 2.79. The van der Waals surface area contributed by atoms with Gasteiger partial charge in [0, 0.05) is 17.7 Å². The van der Waals surface area contributed by atoms with E-state index in [1.54, 1.807) is 6.07 Å². The van der Waals surface area contributed by atoms with E-state index in [9.17, 15) is 10.1 Å². The molecule has 170 valence electrons. The first-order valence-corrected chi connectivity index (χ1v) is 11.0. The minimum atomic E-state index is -0.493. The highest BCUT2D eigenvalue weighted by molar-refractivity contribution is 7.80. The average molecular weight is 457 g/mol. The third-order valence-corrected chi connectivity index (χ3v) is 5.51. The van der Waals surface area contributed by atoms with Crippen LogP contribution in [0.25, 0.3) is 0 Å². The van der Waals surface area contributed by atoms with Crippen LogP contribution in [0.2, 0.25) is 0 Å². The van der Waals surface area contributed by atoms with Crippen molar-refractivity contribution in [1.82, 2.24) is 10.7 Å². The number of nitro groups is 1. The van der Waals surface area contributed by atoms with Crippen LogP contribution in [-0.2, 0) is 6.61 Å². The highest BCUT2D eigenvalue weighted by Gasteiger charge is 2.22. The van der Waals surface area contributed by atoms with E-state index in [-0.39, 0.29) is 23.8 Å². The summed E-state index contributed by atoms with van der Waals surface area (Å²) in [5.74, 6) is 0.341. The Balaban J connectivity index is 1.69. The Hall–Kier alpha value is -3.20. The molecule has 0 radical (unpaired) electrons. The molecule has 3 rings (SSSR count). The summed E-state index contributed by atoms with van der Waals surface area (Å²) >= 11 is 5.29. The van der Waals surface area contributed by atoms with Gasteiger partial charge in [0.15, 0.2) is 10.9 Å². The number of rotatable bonds is 8. The summed E-state index contributed by atoms with van der Waals surface area (Å²) < 4.78 is 11.1. The van der Waals surface area contributed by atoms with Gasteiger partial charge < -0.3 is 14.8 Å². The third-order valence-electron chi connectivity index (χ3n) is 5.30. The van der Waals surface area contributed by atoms with Gasteiger partial charge in [0.05, 0.1) is 18.2 Å². The lowest BCUT2D eigenvalue weighted by atomic mass is 9.96. The summed E-state index contributed by atoms with van der Waals surface area (Å²) in [7, 11) is 1.44. The number of nitrogens with zero attached hydrogens (tertiary/aromatic N) is 2. The number of aryl methyl sites for hydroxylation is 1. The first-order chi connectivity index (χ1) is 15.5. The molecule has 32 heavy (non-hydrogen) atoms. The number of hydrogen-bond acceptors (Lipinski definition) is 6. The van der Waals surface area contributed by atoms with Crippen molar-refractivity contribution in [3.05, 3.63) is 63.2 Å². The highest BCUT2D eigenvalue weighted by atomic mass is 32.1. The van der Waals surface area contributed by atoms with Gasteiger partial charge in [-0.25, -0.2) is 0 Å². The zero-order valence-corrected chi connectivity index (χ0v) is 19.1. The Morgan fingerprint density at radius 3 is 2.62 bits per heavy atom. The molecule has 8 nitrogen and oxygen atoms in total. The summed E-state index contributed by atoms with van der Waals surface area (Å²) in [5.41, 5.74) is 5.11. The molecule has 2 N–H and O–H groups in total. The van der Waals surface area contributed by atoms with Crippen LogP contribution in [0.4, 0.5) is 5.69 Å². The lowest BCUT2D eigenvalue weighted by Crippen LogP contribution is -2.40. The number of thiocarbonyl (C=S) groups is 1. The fraction of sp³-hybridized carbons (Fsp3) is 0.391. The number of benzene rings is 2. The van der Waals surface area contributed by atoms with Gasteiger partial charge in [0.1, 0.15) is 6.61 Å². The van der Waals surface area contributed by atoms with Crippen molar-refractivity contribution in [3.8, 4) is 11.5 Å². The molecule has 0 atom stereocenters. The Morgan fingerprint density at radius 1 is 1.25 bits per heavy atom. The van der Waals surface area contributed by atoms with Crippen LogP contribution < -0.4 is 20.2 Å². The number of ether oxygens (including phenoxy) is 2. The van der Waals surface area contributed by atoms with Crippen molar-refractivity contribution >= 4 is 29.2 Å². The SMILES string of the molecule is COc1cc(/C=N\NC(=S)NC2CCCCC2)cc([N+](=O)[O-])c1OCc1ccc(C)cc1. The summed E-state index contributed by atoms with van der Waals surface area (Å²) in [4.78, 5) is 11.2. The smallest absolute Gasteiger partial charge is 0.315 e. The fourth-order valence-electron chi connectivity index (χ4n) is 3.58. The van der Waals surface area contributed by atoms with Crippen LogP contribution in [0.3, 0.4) is 0 Å². The largest absolute Gasteiger partial charge is 0.493 e. The summed E-state index contributed by atoms with van der Waals surface area (Å²) in [6.07, 6.45) is 7.32. The van der Waals surface area contributed by atoms with Crippen LogP contribution in [0.5, 0.6) is 11.5 Å². The van der Waals surface area contributed by atoms with Crippen molar-refractivity contribution in [3.63, 3.8) is 0 Å². The molecule has 0 aliphatic heterocycles. The second-order valence-electron chi connectivity index (χ2n) is 7.78. The van der Waals surface area contributed by atoms with Crippen LogP contribution in [0, 0.1) is 17.0 Å². The van der Waals surface area contributed by atoms with Crippen LogP contribution >= 0.6 is 12.2 Å². The predicted molar refractivity (Wildman–Crippen MR) is 128 cm³/mol. The predicted octanol–water partition coefficient (Wildman–Crippen LogP) is 4.62. The van der Waals surface area contributed by atoms with Crippen molar-refractivity contribution in [2.75, 3.05) is 7.11 Å². The van der Waals surface area contributed by atoms with Gasteiger partial charge in [-0.1, -0.05) is 49.1 Å².